The third kappa shape index (κ3) is 2.96. The molecule has 0 atom stereocenters. The summed E-state index contributed by atoms with van der Waals surface area (Å²) in [7, 11) is 0. The summed E-state index contributed by atoms with van der Waals surface area (Å²) in [5, 5.41) is 12.7. The lowest BCUT2D eigenvalue weighted by atomic mass is 9.87. The van der Waals surface area contributed by atoms with Crippen molar-refractivity contribution < 1.29 is 14.6 Å². The summed E-state index contributed by atoms with van der Waals surface area (Å²) < 4.78 is 5.17. The lowest BCUT2D eigenvalue weighted by Gasteiger charge is -2.40. The highest BCUT2D eigenvalue weighted by Gasteiger charge is 2.38. The number of anilines is 1. The highest BCUT2D eigenvalue weighted by Crippen LogP contribution is 2.28. The van der Waals surface area contributed by atoms with Gasteiger partial charge in [-0.1, -0.05) is 26.0 Å². The summed E-state index contributed by atoms with van der Waals surface area (Å²) >= 11 is 0. The van der Waals surface area contributed by atoms with Crippen LogP contribution in [0.2, 0.25) is 0 Å². The molecule has 1 fully saturated rings. The Kier molecular flexibility index (Phi) is 4.22. The second kappa shape index (κ2) is 5.72. The second-order valence-electron chi connectivity index (χ2n) is 5.57. The van der Waals surface area contributed by atoms with E-state index in [9.17, 15) is 9.90 Å². The minimum atomic E-state index is -0.200. The Morgan fingerprint density at radius 1 is 1.42 bits per heavy atom. The molecule has 0 aromatic heterocycles. The Balaban J connectivity index is 2.10. The van der Waals surface area contributed by atoms with Gasteiger partial charge < -0.3 is 15.2 Å². The molecule has 1 aromatic carbocycles. The minimum absolute atomic E-state index is 0.0261. The van der Waals surface area contributed by atoms with E-state index in [1.54, 1.807) is 0 Å². The van der Waals surface area contributed by atoms with Crippen molar-refractivity contribution in [1.82, 2.24) is 0 Å². The van der Waals surface area contributed by atoms with Crippen molar-refractivity contribution in [2.45, 2.75) is 13.8 Å². The lowest BCUT2D eigenvalue weighted by Crippen LogP contribution is -2.50. The van der Waals surface area contributed by atoms with Crippen molar-refractivity contribution in [3.8, 4) is 0 Å². The lowest BCUT2D eigenvalue weighted by molar-refractivity contribution is -0.128. The SMILES string of the molecule is CC(C)C(=O)c1ccccc1NCC1(CO)COC1. The summed E-state index contributed by atoms with van der Waals surface area (Å²) in [5.74, 6) is 0.104. The normalized spacial score (nSPS) is 17.1. The van der Waals surface area contributed by atoms with Crippen LogP contribution in [0.5, 0.6) is 0 Å². The van der Waals surface area contributed by atoms with Crippen LogP contribution in [0.3, 0.4) is 0 Å². The molecule has 4 heteroatoms. The predicted molar refractivity (Wildman–Crippen MR) is 74.4 cm³/mol. The minimum Gasteiger partial charge on any atom is -0.396 e. The molecule has 0 saturated carbocycles. The summed E-state index contributed by atoms with van der Waals surface area (Å²) in [6.45, 7) is 5.64. The number of ether oxygens (including phenoxy) is 1. The highest BCUT2D eigenvalue weighted by atomic mass is 16.5. The Morgan fingerprint density at radius 2 is 2.11 bits per heavy atom. The first-order valence-electron chi connectivity index (χ1n) is 6.64. The van der Waals surface area contributed by atoms with Crippen molar-refractivity contribution in [3.63, 3.8) is 0 Å². The van der Waals surface area contributed by atoms with Crippen LogP contribution in [0.4, 0.5) is 5.69 Å². The third-order valence-electron chi connectivity index (χ3n) is 3.52. The molecule has 19 heavy (non-hydrogen) atoms. The molecule has 1 saturated heterocycles. The maximum absolute atomic E-state index is 12.1. The highest BCUT2D eigenvalue weighted by molar-refractivity contribution is 6.02. The van der Waals surface area contributed by atoms with Crippen LogP contribution in [-0.4, -0.2) is 37.3 Å². The molecule has 0 bridgehead atoms. The zero-order valence-corrected chi connectivity index (χ0v) is 11.5. The number of benzene rings is 1. The number of hydrogen-bond donors (Lipinski definition) is 2. The molecular weight excluding hydrogens is 242 g/mol. The van der Waals surface area contributed by atoms with E-state index in [0.717, 1.165) is 5.69 Å². The van der Waals surface area contributed by atoms with Gasteiger partial charge in [0.2, 0.25) is 0 Å². The molecule has 0 spiro atoms. The van der Waals surface area contributed by atoms with Gasteiger partial charge in [-0.3, -0.25) is 4.79 Å². The molecule has 104 valence electrons. The predicted octanol–water partition coefficient (Wildman–Crippen LogP) is 1.95. The number of nitrogens with one attached hydrogen (secondary N) is 1. The molecule has 4 nitrogen and oxygen atoms in total. The third-order valence-corrected chi connectivity index (χ3v) is 3.52. The van der Waals surface area contributed by atoms with Crippen LogP contribution in [0.25, 0.3) is 0 Å². The van der Waals surface area contributed by atoms with Gasteiger partial charge in [-0.15, -0.1) is 0 Å². The van der Waals surface area contributed by atoms with Gasteiger partial charge in [0.25, 0.3) is 0 Å². The fourth-order valence-corrected chi connectivity index (χ4v) is 2.09. The molecule has 1 aliphatic heterocycles. The van der Waals surface area contributed by atoms with Crippen molar-refractivity contribution in [1.29, 1.82) is 0 Å². The number of Topliss-reactive ketones (excluding diaryl/α,β-unsaturated/α-hetero) is 1. The molecule has 1 heterocycles. The number of aliphatic hydroxyl groups excluding tert-OH is 1. The van der Waals surface area contributed by atoms with E-state index >= 15 is 0 Å². The average molecular weight is 263 g/mol. The van der Waals surface area contributed by atoms with E-state index in [2.05, 4.69) is 5.32 Å². The monoisotopic (exact) mass is 263 g/mol. The van der Waals surface area contributed by atoms with Crippen molar-refractivity contribution in [2.75, 3.05) is 31.7 Å². The summed E-state index contributed by atoms with van der Waals surface area (Å²) in [4.78, 5) is 12.1. The summed E-state index contributed by atoms with van der Waals surface area (Å²) in [6, 6.07) is 7.52. The molecule has 0 amide bonds. The largest absolute Gasteiger partial charge is 0.396 e. The number of rotatable bonds is 6. The van der Waals surface area contributed by atoms with Gasteiger partial charge in [0.1, 0.15) is 0 Å². The molecule has 1 aliphatic rings. The van der Waals surface area contributed by atoms with E-state index in [1.165, 1.54) is 0 Å². The quantitative estimate of drug-likeness (QED) is 0.770. The maximum atomic E-state index is 12.1. The van der Waals surface area contributed by atoms with Crippen molar-refractivity contribution in [2.24, 2.45) is 11.3 Å². The maximum Gasteiger partial charge on any atom is 0.167 e. The topological polar surface area (TPSA) is 58.6 Å². The Hall–Kier alpha value is -1.39. The molecular formula is C15H21NO3. The molecule has 2 N–H and O–H groups in total. The summed E-state index contributed by atoms with van der Waals surface area (Å²) in [6.07, 6.45) is 0. The first-order chi connectivity index (χ1) is 9.08. The number of ketones is 1. The Morgan fingerprint density at radius 3 is 2.63 bits per heavy atom. The molecule has 0 aliphatic carbocycles. The molecule has 1 aromatic rings. The fraction of sp³-hybridized carbons (Fsp3) is 0.533. The van der Waals surface area contributed by atoms with E-state index in [0.29, 0.717) is 25.3 Å². The van der Waals surface area contributed by atoms with Crippen LogP contribution in [0.15, 0.2) is 24.3 Å². The van der Waals surface area contributed by atoms with Gasteiger partial charge in [0, 0.05) is 23.7 Å². The molecule has 0 unspecified atom stereocenters. The number of carbonyl (C=O) groups excluding carboxylic acids is 1. The Bertz CT molecular complexity index is 447. The van der Waals surface area contributed by atoms with Gasteiger partial charge in [0.05, 0.1) is 25.2 Å². The van der Waals surface area contributed by atoms with Crippen LogP contribution >= 0.6 is 0 Å². The van der Waals surface area contributed by atoms with E-state index in [4.69, 9.17) is 4.74 Å². The van der Waals surface area contributed by atoms with E-state index < -0.39 is 0 Å². The first-order valence-corrected chi connectivity index (χ1v) is 6.64. The van der Waals surface area contributed by atoms with Crippen molar-refractivity contribution in [3.05, 3.63) is 29.8 Å². The molecule has 2 rings (SSSR count). The zero-order valence-electron chi connectivity index (χ0n) is 11.5. The van der Waals surface area contributed by atoms with Gasteiger partial charge in [-0.2, -0.15) is 0 Å². The van der Waals surface area contributed by atoms with Crippen LogP contribution in [-0.2, 0) is 4.74 Å². The number of aliphatic hydroxyl groups is 1. The second-order valence-corrected chi connectivity index (χ2v) is 5.57. The van der Waals surface area contributed by atoms with Crippen molar-refractivity contribution >= 4 is 11.5 Å². The van der Waals surface area contributed by atoms with Crippen LogP contribution in [0, 0.1) is 11.3 Å². The number of para-hydroxylation sites is 1. The van der Waals surface area contributed by atoms with Gasteiger partial charge in [0.15, 0.2) is 5.78 Å². The fourth-order valence-electron chi connectivity index (χ4n) is 2.09. The van der Waals surface area contributed by atoms with E-state index in [-0.39, 0.29) is 23.7 Å². The van der Waals surface area contributed by atoms with E-state index in [1.807, 2.05) is 38.1 Å². The summed E-state index contributed by atoms with van der Waals surface area (Å²) in [5.41, 5.74) is 1.35. The molecule has 0 radical (unpaired) electrons. The smallest absolute Gasteiger partial charge is 0.167 e. The number of carbonyl (C=O) groups is 1. The zero-order chi connectivity index (χ0) is 13.9. The van der Waals surface area contributed by atoms with Gasteiger partial charge in [-0.05, 0) is 12.1 Å². The first kappa shape index (κ1) is 14.0. The average Bonchev–Trinajstić information content (AvgIpc) is 2.37. The van der Waals surface area contributed by atoms with Crippen LogP contribution in [0.1, 0.15) is 24.2 Å². The van der Waals surface area contributed by atoms with Gasteiger partial charge >= 0.3 is 0 Å². The van der Waals surface area contributed by atoms with Crippen LogP contribution < -0.4 is 5.32 Å². The van der Waals surface area contributed by atoms with Gasteiger partial charge in [-0.25, -0.2) is 0 Å². The standard InChI is InChI=1S/C15H21NO3/c1-11(2)14(18)12-5-3-4-6-13(12)16-7-15(8-17)9-19-10-15/h3-6,11,16-17H,7-10H2,1-2H3. The number of hydrogen-bond acceptors (Lipinski definition) is 4. The Labute approximate surface area is 113 Å².